The Hall–Kier alpha value is -4.10. The van der Waals surface area contributed by atoms with Crippen LogP contribution in [0.25, 0.3) is 16.9 Å². The maximum Gasteiger partial charge on any atom is 0.220 e. The van der Waals surface area contributed by atoms with E-state index in [1.165, 1.54) is 0 Å². The smallest absolute Gasteiger partial charge is 0.220 e. The summed E-state index contributed by atoms with van der Waals surface area (Å²) in [6.07, 6.45) is 8.76. The first-order valence-electron chi connectivity index (χ1n) is 12.8. The summed E-state index contributed by atoms with van der Waals surface area (Å²) in [5.74, 6) is 1.65. The maximum atomic E-state index is 11.3. The summed E-state index contributed by atoms with van der Waals surface area (Å²) in [6, 6.07) is 21.7. The van der Waals surface area contributed by atoms with Gasteiger partial charge in [-0.1, -0.05) is 43.2 Å². The van der Waals surface area contributed by atoms with Crippen LogP contribution in [0.5, 0.6) is 11.6 Å². The molecule has 190 valence electrons. The topological polar surface area (TPSA) is 98.8 Å². The van der Waals surface area contributed by atoms with Gasteiger partial charge in [0.15, 0.2) is 5.65 Å². The highest BCUT2D eigenvalue weighted by Gasteiger charge is 2.20. The van der Waals surface area contributed by atoms with Crippen molar-refractivity contribution in [1.29, 1.82) is 0 Å². The molecule has 3 aromatic heterocycles. The predicted octanol–water partition coefficient (Wildman–Crippen LogP) is 5.77. The third kappa shape index (κ3) is 5.84. The fraction of sp³-hybridized carbons (Fsp3) is 0.267. The van der Waals surface area contributed by atoms with Gasteiger partial charge in [0, 0.05) is 12.0 Å². The average molecular weight is 497 g/mol. The zero-order chi connectivity index (χ0) is 25.5. The Morgan fingerprint density at radius 3 is 2.43 bits per heavy atom. The van der Waals surface area contributed by atoms with Gasteiger partial charge in [-0.2, -0.15) is 0 Å². The quantitative estimate of drug-likeness (QED) is 0.213. The monoisotopic (exact) mass is 496 g/mol. The number of unbranched alkanes of at least 4 members (excludes halogenated alkanes) is 3. The van der Waals surface area contributed by atoms with Crippen molar-refractivity contribution in [3.63, 3.8) is 0 Å². The molecular formula is C30H32N4O3. The number of rotatable bonds is 12. The summed E-state index contributed by atoms with van der Waals surface area (Å²) in [5.41, 5.74) is 10.3. The maximum absolute atomic E-state index is 11.3. The Kier molecular flexibility index (Phi) is 7.81. The van der Waals surface area contributed by atoms with Gasteiger partial charge in [0.25, 0.3) is 0 Å². The lowest BCUT2D eigenvalue weighted by atomic mass is 10.1. The van der Waals surface area contributed by atoms with Gasteiger partial charge in [-0.15, -0.1) is 0 Å². The average Bonchev–Trinajstić information content (AvgIpc) is 3.56. The zero-order valence-electron chi connectivity index (χ0n) is 20.8. The van der Waals surface area contributed by atoms with Gasteiger partial charge in [-0.25, -0.2) is 4.98 Å². The van der Waals surface area contributed by atoms with Crippen molar-refractivity contribution in [3.05, 3.63) is 102 Å². The van der Waals surface area contributed by atoms with E-state index < -0.39 is 0 Å². The number of ether oxygens (including phenoxy) is 1. The molecule has 0 fully saturated rings. The molecule has 3 heterocycles. The number of aromatic hydroxyl groups is 1. The van der Waals surface area contributed by atoms with Gasteiger partial charge in [-0.3, -0.25) is 9.38 Å². The highest BCUT2D eigenvalue weighted by Crippen LogP contribution is 2.31. The normalized spacial score (nSPS) is 11.3. The summed E-state index contributed by atoms with van der Waals surface area (Å²) < 4.78 is 13.2. The minimum atomic E-state index is 0.0934. The van der Waals surface area contributed by atoms with E-state index in [1.54, 1.807) is 16.9 Å². The number of furan rings is 1. The van der Waals surface area contributed by atoms with Gasteiger partial charge in [0.1, 0.15) is 17.2 Å². The van der Waals surface area contributed by atoms with Gasteiger partial charge in [0.2, 0.25) is 5.88 Å². The molecule has 0 aliphatic carbocycles. The largest absolute Gasteiger partial charge is 0.494 e. The molecular weight excluding hydrogens is 464 g/mol. The first-order valence-corrected chi connectivity index (χ1v) is 12.8. The highest BCUT2D eigenvalue weighted by molar-refractivity contribution is 5.67. The number of nitrogens with two attached hydrogens (primary N) is 1. The molecule has 7 heteroatoms. The van der Waals surface area contributed by atoms with E-state index in [-0.39, 0.29) is 5.88 Å². The van der Waals surface area contributed by atoms with Crippen LogP contribution >= 0.6 is 0 Å². The van der Waals surface area contributed by atoms with Crippen LogP contribution in [-0.4, -0.2) is 32.6 Å². The van der Waals surface area contributed by atoms with Crippen molar-refractivity contribution in [2.24, 2.45) is 5.73 Å². The molecule has 0 amide bonds. The number of fused-ring (bicyclic) bond motifs is 1. The number of imidazole rings is 1. The van der Waals surface area contributed by atoms with Crippen LogP contribution in [0.15, 0.2) is 83.6 Å². The molecule has 2 aromatic carbocycles. The van der Waals surface area contributed by atoms with Crippen LogP contribution in [0.3, 0.4) is 0 Å². The van der Waals surface area contributed by atoms with Crippen LogP contribution in [0, 0.1) is 0 Å². The molecule has 37 heavy (non-hydrogen) atoms. The van der Waals surface area contributed by atoms with Crippen molar-refractivity contribution < 1.29 is 14.3 Å². The fourth-order valence-corrected chi connectivity index (χ4v) is 4.46. The SMILES string of the molecule is NCCCCCCOc1ccc(-c2cnc(Cc3ccccc3)c3nc(Cc4ccco4)c(O)n23)cc1. The van der Waals surface area contributed by atoms with Crippen molar-refractivity contribution in [1.82, 2.24) is 14.4 Å². The van der Waals surface area contributed by atoms with Crippen LogP contribution in [0.4, 0.5) is 0 Å². The number of benzene rings is 2. The minimum Gasteiger partial charge on any atom is -0.494 e. The molecule has 0 aliphatic rings. The van der Waals surface area contributed by atoms with Gasteiger partial charge in [-0.05, 0) is 61.3 Å². The Bertz CT molecular complexity index is 1410. The van der Waals surface area contributed by atoms with Crippen molar-refractivity contribution in [2.45, 2.75) is 38.5 Å². The minimum absolute atomic E-state index is 0.0934. The lowest BCUT2D eigenvalue weighted by molar-refractivity contribution is 0.305. The van der Waals surface area contributed by atoms with E-state index in [0.29, 0.717) is 30.8 Å². The van der Waals surface area contributed by atoms with Gasteiger partial charge >= 0.3 is 0 Å². The fourth-order valence-electron chi connectivity index (χ4n) is 4.46. The van der Waals surface area contributed by atoms with E-state index in [1.807, 2.05) is 54.6 Å². The molecule has 5 aromatic rings. The van der Waals surface area contributed by atoms with Gasteiger partial charge < -0.3 is 20.0 Å². The summed E-state index contributed by atoms with van der Waals surface area (Å²) >= 11 is 0. The van der Waals surface area contributed by atoms with Crippen LogP contribution in [0.1, 0.15) is 48.4 Å². The van der Waals surface area contributed by atoms with E-state index >= 15 is 0 Å². The number of aromatic nitrogens is 3. The van der Waals surface area contributed by atoms with E-state index in [2.05, 4.69) is 12.1 Å². The molecule has 0 unspecified atom stereocenters. The Labute approximate surface area is 216 Å². The number of hydrogen-bond acceptors (Lipinski definition) is 6. The Morgan fingerprint density at radius 1 is 0.865 bits per heavy atom. The van der Waals surface area contributed by atoms with E-state index in [0.717, 1.165) is 66.3 Å². The second kappa shape index (κ2) is 11.8. The van der Waals surface area contributed by atoms with Crippen molar-refractivity contribution >= 4 is 5.65 Å². The first kappa shape index (κ1) is 24.6. The first-order chi connectivity index (χ1) is 18.2. The summed E-state index contributed by atoms with van der Waals surface area (Å²) in [6.45, 7) is 1.43. The molecule has 0 saturated heterocycles. The second-order valence-electron chi connectivity index (χ2n) is 9.13. The number of nitrogens with zero attached hydrogens (tertiary/aromatic N) is 3. The Balaban J connectivity index is 1.43. The number of hydrogen-bond donors (Lipinski definition) is 2. The Morgan fingerprint density at radius 2 is 1.68 bits per heavy atom. The molecule has 0 bridgehead atoms. The highest BCUT2D eigenvalue weighted by atomic mass is 16.5. The van der Waals surface area contributed by atoms with Crippen LogP contribution in [0.2, 0.25) is 0 Å². The van der Waals surface area contributed by atoms with Crippen molar-refractivity contribution in [2.75, 3.05) is 13.2 Å². The molecule has 3 N–H and O–H groups in total. The third-order valence-electron chi connectivity index (χ3n) is 6.42. The molecule has 5 rings (SSSR count). The standard InChI is InChI=1S/C30H32N4O3/c31-16-6-1-2-7-17-36-24-14-12-23(13-15-24)28-21-32-26(19-22-9-4-3-5-10-22)29-33-27(30(35)34(28)29)20-25-11-8-18-37-25/h3-5,8-15,18,21,35H,1-2,6-7,16-17,19-20,31H2. The second-order valence-corrected chi connectivity index (χ2v) is 9.13. The molecule has 0 aliphatic heterocycles. The van der Waals surface area contributed by atoms with E-state index in [4.69, 9.17) is 24.9 Å². The predicted molar refractivity (Wildman–Crippen MR) is 144 cm³/mol. The summed E-state index contributed by atoms with van der Waals surface area (Å²) in [4.78, 5) is 9.60. The zero-order valence-corrected chi connectivity index (χ0v) is 20.8. The van der Waals surface area contributed by atoms with Crippen LogP contribution in [-0.2, 0) is 12.8 Å². The van der Waals surface area contributed by atoms with Gasteiger partial charge in [0.05, 0.1) is 36.9 Å². The molecule has 0 radical (unpaired) electrons. The van der Waals surface area contributed by atoms with Crippen LogP contribution < -0.4 is 10.5 Å². The molecule has 7 nitrogen and oxygen atoms in total. The van der Waals surface area contributed by atoms with E-state index in [9.17, 15) is 5.11 Å². The molecule has 0 saturated carbocycles. The molecule has 0 spiro atoms. The lowest BCUT2D eigenvalue weighted by Crippen LogP contribution is -2.02. The van der Waals surface area contributed by atoms with Crippen molar-refractivity contribution in [3.8, 4) is 22.9 Å². The third-order valence-corrected chi connectivity index (χ3v) is 6.42. The lowest BCUT2D eigenvalue weighted by Gasteiger charge is -2.11. The molecule has 0 atom stereocenters. The summed E-state index contributed by atoms with van der Waals surface area (Å²) in [7, 11) is 0. The summed E-state index contributed by atoms with van der Waals surface area (Å²) in [5, 5.41) is 11.3.